The van der Waals surface area contributed by atoms with Crippen LogP contribution in [-0.4, -0.2) is 38.8 Å². The van der Waals surface area contributed by atoms with Gasteiger partial charge in [0.15, 0.2) is 0 Å². The topological polar surface area (TPSA) is 64.3 Å². The number of aromatic nitrogens is 2. The van der Waals surface area contributed by atoms with E-state index in [0.717, 1.165) is 12.8 Å². The minimum atomic E-state index is -0.107. The molecule has 0 N–H and O–H groups in total. The molecule has 3 rings (SSSR count). The van der Waals surface area contributed by atoms with Crippen LogP contribution in [0.5, 0.6) is 0 Å². The van der Waals surface area contributed by atoms with E-state index in [1.54, 1.807) is 21.9 Å². The minimum Gasteiger partial charge on any atom is -0.340 e. The number of nitrogens with zero attached hydrogens (tertiary/aromatic N) is 3. The molecule has 1 aliphatic carbocycles. The quantitative estimate of drug-likeness (QED) is 0.781. The van der Waals surface area contributed by atoms with Gasteiger partial charge in [-0.1, -0.05) is 0 Å². The van der Waals surface area contributed by atoms with Crippen molar-refractivity contribution in [3.63, 3.8) is 0 Å². The molecule has 0 aromatic carbocycles. The molecule has 1 aliphatic heterocycles. The molecule has 2 fully saturated rings. The third kappa shape index (κ3) is 2.47. The maximum Gasteiger partial charge on any atom is 0.328 e. The summed E-state index contributed by atoms with van der Waals surface area (Å²) in [6, 6.07) is 0.330. The molecule has 0 unspecified atom stereocenters. The van der Waals surface area contributed by atoms with Gasteiger partial charge in [-0.25, -0.2) is 4.79 Å². The number of imidazole rings is 1. The van der Waals surface area contributed by atoms with E-state index < -0.39 is 0 Å². The molecule has 102 valence electrons. The normalized spacial score (nSPS) is 19.8. The van der Waals surface area contributed by atoms with Gasteiger partial charge in [-0.15, -0.1) is 0 Å². The first-order chi connectivity index (χ1) is 9.15. The van der Waals surface area contributed by atoms with E-state index in [2.05, 4.69) is 0 Å². The molecular formula is C13H17N3O3. The maximum atomic E-state index is 12.1. The molecule has 0 radical (unpaired) electrons. The lowest BCUT2D eigenvalue weighted by molar-refractivity contribution is -0.135. The lowest BCUT2D eigenvalue weighted by Gasteiger charge is -2.25. The highest BCUT2D eigenvalue weighted by Gasteiger charge is 2.26. The maximum absolute atomic E-state index is 12.1. The van der Waals surface area contributed by atoms with Crippen LogP contribution in [-0.2, 0) is 16.1 Å². The van der Waals surface area contributed by atoms with Crippen molar-refractivity contribution in [1.82, 2.24) is 14.0 Å². The fourth-order valence-electron chi connectivity index (χ4n) is 2.43. The average Bonchev–Trinajstić information content (AvgIpc) is 3.17. The second kappa shape index (κ2) is 4.68. The molecular weight excluding hydrogens is 246 g/mol. The number of rotatable bonds is 3. The van der Waals surface area contributed by atoms with Crippen molar-refractivity contribution in [2.45, 2.75) is 38.3 Å². The Labute approximate surface area is 110 Å². The first-order valence-corrected chi connectivity index (χ1v) is 6.72. The summed E-state index contributed by atoms with van der Waals surface area (Å²) in [5.74, 6) is 0.129. The molecule has 1 aromatic rings. The second-order valence-corrected chi connectivity index (χ2v) is 5.27. The smallest absolute Gasteiger partial charge is 0.328 e. The predicted molar refractivity (Wildman–Crippen MR) is 67.8 cm³/mol. The minimum absolute atomic E-state index is 0.0761. The summed E-state index contributed by atoms with van der Waals surface area (Å²) in [6.45, 7) is 1.04. The number of carbonyl (C=O) groups excluding carboxylic acids is 2. The zero-order valence-electron chi connectivity index (χ0n) is 10.7. The Kier molecular flexibility index (Phi) is 3.00. The summed E-state index contributed by atoms with van der Waals surface area (Å²) in [4.78, 5) is 36.9. The fraction of sp³-hybridized carbons (Fsp3) is 0.615. The number of likely N-dealkylation sites (tertiary alicyclic amines) is 1. The Bertz CT molecular complexity index is 558. The van der Waals surface area contributed by atoms with Crippen molar-refractivity contribution < 1.29 is 9.59 Å². The highest BCUT2D eigenvalue weighted by Crippen LogP contribution is 2.33. The fourth-order valence-corrected chi connectivity index (χ4v) is 2.43. The first kappa shape index (κ1) is 12.2. The molecule has 0 bridgehead atoms. The Morgan fingerprint density at radius 2 is 1.84 bits per heavy atom. The number of hydrogen-bond donors (Lipinski definition) is 0. The number of amides is 1. The SMILES string of the molecule is O=C1CCN(C(=O)Cn2ccn(C3CC3)c2=O)CC1. The number of Topliss-reactive ketones (excluding diaryl/α,β-unsaturated/α-hetero) is 1. The van der Waals surface area contributed by atoms with Crippen molar-refractivity contribution in [1.29, 1.82) is 0 Å². The molecule has 1 saturated carbocycles. The van der Waals surface area contributed by atoms with E-state index in [-0.39, 0.29) is 23.9 Å². The van der Waals surface area contributed by atoms with E-state index in [1.165, 1.54) is 4.57 Å². The van der Waals surface area contributed by atoms with Gasteiger partial charge in [-0.2, -0.15) is 0 Å². The number of ketones is 1. The van der Waals surface area contributed by atoms with Crippen LogP contribution < -0.4 is 5.69 Å². The van der Waals surface area contributed by atoms with Crippen LogP contribution in [0.15, 0.2) is 17.2 Å². The van der Waals surface area contributed by atoms with Crippen LogP contribution in [0.3, 0.4) is 0 Å². The lowest BCUT2D eigenvalue weighted by Crippen LogP contribution is -2.41. The van der Waals surface area contributed by atoms with Crippen molar-refractivity contribution in [2.75, 3.05) is 13.1 Å². The Hall–Kier alpha value is -1.85. The molecule has 1 aromatic heterocycles. The highest BCUT2D eigenvalue weighted by atomic mass is 16.2. The molecule has 19 heavy (non-hydrogen) atoms. The number of carbonyl (C=O) groups is 2. The van der Waals surface area contributed by atoms with E-state index in [4.69, 9.17) is 0 Å². The van der Waals surface area contributed by atoms with Crippen LogP contribution in [0, 0.1) is 0 Å². The summed E-state index contributed by atoms with van der Waals surface area (Å²) in [5.41, 5.74) is -0.107. The van der Waals surface area contributed by atoms with Gasteiger partial charge in [0.2, 0.25) is 5.91 Å². The first-order valence-electron chi connectivity index (χ1n) is 6.72. The molecule has 2 heterocycles. The van der Waals surface area contributed by atoms with E-state index in [0.29, 0.717) is 32.0 Å². The zero-order chi connectivity index (χ0) is 13.4. The monoisotopic (exact) mass is 263 g/mol. The molecule has 1 amide bonds. The van der Waals surface area contributed by atoms with Gasteiger partial charge in [0.05, 0.1) is 0 Å². The van der Waals surface area contributed by atoms with Crippen molar-refractivity contribution in [2.24, 2.45) is 0 Å². The summed E-state index contributed by atoms with van der Waals surface area (Å²) in [6.07, 6.45) is 6.40. The molecule has 0 spiro atoms. The summed E-state index contributed by atoms with van der Waals surface area (Å²) in [5, 5.41) is 0. The molecule has 0 atom stereocenters. The van der Waals surface area contributed by atoms with Crippen LogP contribution >= 0.6 is 0 Å². The van der Waals surface area contributed by atoms with E-state index in [9.17, 15) is 14.4 Å². The van der Waals surface area contributed by atoms with Gasteiger partial charge in [0, 0.05) is 44.4 Å². The van der Waals surface area contributed by atoms with Crippen molar-refractivity contribution in [3.05, 3.63) is 22.9 Å². The van der Waals surface area contributed by atoms with E-state index in [1.807, 2.05) is 0 Å². The molecule has 6 heteroatoms. The molecule has 6 nitrogen and oxygen atoms in total. The Morgan fingerprint density at radius 1 is 1.16 bits per heavy atom. The summed E-state index contributed by atoms with van der Waals surface area (Å²) >= 11 is 0. The third-order valence-electron chi connectivity index (χ3n) is 3.79. The van der Waals surface area contributed by atoms with E-state index >= 15 is 0 Å². The Balaban J connectivity index is 1.66. The van der Waals surface area contributed by atoms with Crippen LogP contribution in [0.25, 0.3) is 0 Å². The van der Waals surface area contributed by atoms with Gasteiger partial charge in [0.1, 0.15) is 12.3 Å². The van der Waals surface area contributed by atoms with Gasteiger partial charge in [0.25, 0.3) is 0 Å². The number of piperidine rings is 1. The second-order valence-electron chi connectivity index (χ2n) is 5.27. The number of hydrogen-bond acceptors (Lipinski definition) is 3. The van der Waals surface area contributed by atoms with Crippen LogP contribution in [0.4, 0.5) is 0 Å². The van der Waals surface area contributed by atoms with Crippen LogP contribution in [0.1, 0.15) is 31.7 Å². The standard InChI is InChI=1S/C13H17N3O3/c17-11-3-5-14(6-4-11)12(18)9-15-7-8-16(13(15)19)10-1-2-10/h7-8,10H,1-6,9H2. The molecule has 2 aliphatic rings. The lowest BCUT2D eigenvalue weighted by atomic mass is 10.1. The highest BCUT2D eigenvalue weighted by molar-refractivity contribution is 5.83. The predicted octanol–water partition coefficient (Wildman–Crippen LogP) is 0.176. The zero-order valence-corrected chi connectivity index (χ0v) is 10.7. The largest absolute Gasteiger partial charge is 0.340 e. The Morgan fingerprint density at radius 3 is 2.47 bits per heavy atom. The van der Waals surface area contributed by atoms with Gasteiger partial charge in [-0.05, 0) is 12.8 Å². The van der Waals surface area contributed by atoms with Gasteiger partial charge in [-0.3, -0.25) is 18.7 Å². The summed E-state index contributed by atoms with van der Waals surface area (Å²) in [7, 11) is 0. The van der Waals surface area contributed by atoms with Crippen LogP contribution in [0.2, 0.25) is 0 Å². The third-order valence-corrected chi connectivity index (χ3v) is 3.79. The molecule has 1 saturated heterocycles. The average molecular weight is 263 g/mol. The van der Waals surface area contributed by atoms with Gasteiger partial charge < -0.3 is 4.90 Å². The van der Waals surface area contributed by atoms with Gasteiger partial charge >= 0.3 is 5.69 Å². The van der Waals surface area contributed by atoms with Crippen molar-refractivity contribution in [3.8, 4) is 0 Å². The van der Waals surface area contributed by atoms with Crippen molar-refractivity contribution >= 4 is 11.7 Å². The summed E-state index contributed by atoms with van der Waals surface area (Å²) < 4.78 is 3.16.